The van der Waals surface area contributed by atoms with Crippen molar-refractivity contribution in [2.24, 2.45) is 0 Å². The molecule has 1 aliphatic carbocycles. The summed E-state index contributed by atoms with van der Waals surface area (Å²) in [6, 6.07) is 1.49. The predicted octanol–water partition coefficient (Wildman–Crippen LogP) is 2.71. The largest absolute Gasteiger partial charge is 0.483 e. The first-order chi connectivity index (χ1) is 8.35. The van der Waals surface area contributed by atoms with E-state index in [1.165, 1.54) is 12.3 Å². The smallest absolute Gasteiger partial charge is 0.329 e. The highest BCUT2D eigenvalue weighted by Crippen LogP contribution is 2.35. The molecule has 0 spiro atoms. The van der Waals surface area contributed by atoms with Crippen LogP contribution < -0.4 is 9.47 Å². The Labute approximate surface area is 105 Å². The van der Waals surface area contributed by atoms with Crippen molar-refractivity contribution in [2.75, 3.05) is 0 Å². The van der Waals surface area contributed by atoms with Gasteiger partial charge in [0, 0.05) is 6.07 Å². The van der Waals surface area contributed by atoms with Crippen molar-refractivity contribution in [3.63, 3.8) is 0 Å². The van der Waals surface area contributed by atoms with Crippen LogP contribution in [0.5, 0.6) is 11.6 Å². The Hall–Kier alpha value is -1.85. The van der Waals surface area contributed by atoms with Crippen molar-refractivity contribution < 1.29 is 14.4 Å². The number of nitro groups is 1. The highest BCUT2D eigenvalue weighted by atomic mass is 16.6. The van der Waals surface area contributed by atoms with E-state index in [1.807, 2.05) is 20.8 Å². The van der Waals surface area contributed by atoms with Gasteiger partial charge in [0.05, 0.1) is 11.0 Å². The van der Waals surface area contributed by atoms with Crippen molar-refractivity contribution in [3.8, 4) is 11.6 Å². The molecule has 0 aliphatic heterocycles. The molecule has 0 saturated heterocycles. The molecule has 0 amide bonds. The molecule has 98 valence electrons. The molecule has 1 aliphatic rings. The molecule has 2 rings (SSSR count). The zero-order valence-corrected chi connectivity index (χ0v) is 10.7. The Morgan fingerprint density at radius 1 is 1.44 bits per heavy atom. The first-order valence-electron chi connectivity index (χ1n) is 5.85. The number of ether oxygens (including phenoxy) is 2. The Kier molecular flexibility index (Phi) is 3.11. The van der Waals surface area contributed by atoms with Gasteiger partial charge in [0.25, 0.3) is 0 Å². The van der Waals surface area contributed by atoms with Gasteiger partial charge in [0.1, 0.15) is 11.8 Å². The second kappa shape index (κ2) is 4.44. The molecule has 0 radical (unpaired) electrons. The number of hydrogen-bond acceptors (Lipinski definition) is 5. The third-order valence-corrected chi connectivity index (χ3v) is 2.25. The van der Waals surface area contributed by atoms with E-state index in [-0.39, 0.29) is 17.5 Å². The van der Waals surface area contributed by atoms with Crippen molar-refractivity contribution in [3.05, 3.63) is 22.4 Å². The Morgan fingerprint density at radius 3 is 2.61 bits per heavy atom. The summed E-state index contributed by atoms with van der Waals surface area (Å²) in [5.74, 6) is 0.570. The zero-order valence-electron chi connectivity index (χ0n) is 10.7. The van der Waals surface area contributed by atoms with Crippen LogP contribution >= 0.6 is 0 Å². The Bertz CT molecular complexity index is 464. The third kappa shape index (κ3) is 3.32. The lowest BCUT2D eigenvalue weighted by atomic mass is 10.2. The molecule has 6 nitrogen and oxygen atoms in total. The SMILES string of the molecule is CC(C)(C)Oc1cc(OC2CC2)c([N+](=O)[O-])cn1. The Balaban J connectivity index is 2.25. The minimum Gasteiger partial charge on any atom is -0.483 e. The fourth-order valence-electron chi connectivity index (χ4n) is 1.38. The summed E-state index contributed by atoms with van der Waals surface area (Å²) in [6.07, 6.45) is 3.15. The molecule has 0 aromatic carbocycles. The molecular weight excluding hydrogens is 236 g/mol. The van der Waals surface area contributed by atoms with E-state index in [9.17, 15) is 10.1 Å². The molecule has 0 atom stereocenters. The van der Waals surface area contributed by atoms with E-state index in [0.29, 0.717) is 5.88 Å². The second-order valence-electron chi connectivity index (χ2n) is 5.28. The maximum Gasteiger partial charge on any atom is 0.329 e. The summed E-state index contributed by atoms with van der Waals surface area (Å²) < 4.78 is 11.1. The zero-order chi connectivity index (χ0) is 13.3. The lowest BCUT2D eigenvalue weighted by Crippen LogP contribution is -2.23. The maximum absolute atomic E-state index is 10.9. The summed E-state index contributed by atoms with van der Waals surface area (Å²) >= 11 is 0. The van der Waals surface area contributed by atoms with Crippen LogP contribution in [-0.4, -0.2) is 21.6 Å². The van der Waals surface area contributed by atoms with Gasteiger partial charge in [0.15, 0.2) is 0 Å². The molecule has 0 bridgehead atoms. The maximum atomic E-state index is 10.9. The van der Waals surface area contributed by atoms with Gasteiger partial charge in [-0.05, 0) is 33.6 Å². The van der Waals surface area contributed by atoms with Gasteiger partial charge in [-0.1, -0.05) is 0 Å². The van der Waals surface area contributed by atoms with Gasteiger partial charge in [-0.2, -0.15) is 0 Å². The molecule has 1 saturated carbocycles. The molecule has 1 aromatic rings. The number of nitrogens with zero attached hydrogens (tertiary/aromatic N) is 2. The topological polar surface area (TPSA) is 74.5 Å². The van der Waals surface area contributed by atoms with Crippen LogP contribution in [-0.2, 0) is 0 Å². The number of aromatic nitrogens is 1. The van der Waals surface area contributed by atoms with Crippen LogP contribution in [0.3, 0.4) is 0 Å². The molecular formula is C12H16N2O4. The summed E-state index contributed by atoms with van der Waals surface area (Å²) in [7, 11) is 0. The van der Waals surface area contributed by atoms with Gasteiger partial charge >= 0.3 is 5.69 Å². The van der Waals surface area contributed by atoms with E-state index in [2.05, 4.69) is 4.98 Å². The lowest BCUT2D eigenvalue weighted by molar-refractivity contribution is -0.386. The molecule has 0 unspecified atom stereocenters. The normalized spacial score (nSPS) is 15.3. The van der Waals surface area contributed by atoms with Crippen molar-refractivity contribution >= 4 is 5.69 Å². The van der Waals surface area contributed by atoms with Crippen LogP contribution in [0.1, 0.15) is 33.6 Å². The van der Waals surface area contributed by atoms with Crippen molar-refractivity contribution in [2.45, 2.75) is 45.3 Å². The summed E-state index contributed by atoms with van der Waals surface area (Å²) in [5, 5.41) is 10.9. The van der Waals surface area contributed by atoms with Crippen LogP contribution in [0, 0.1) is 10.1 Å². The first-order valence-corrected chi connectivity index (χ1v) is 5.85. The molecule has 1 heterocycles. The summed E-state index contributed by atoms with van der Waals surface area (Å²) in [4.78, 5) is 14.3. The van der Waals surface area contributed by atoms with Gasteiger partial charge in [-0.15, -0.1) is 0 Å². The summed E-state index contributed by atoms with van der Waals surface area (Å²) in [6.45, 7) is 5.66. The van der Waals surface area contributed by atoms with Crippen molar-refractivity contribution in [1.29, 1.82) is 0 Å². The molecule has 1 fully saturated rings. The molecule has 6 heteroatoms. The van der Waals surface area contributed by atoms with Gasteiger partial charge < -0.3 is 9.47 Å². The van der Waals surface area contributed by atoms with E-state index in [4.69, 9.17) is 9.47 Å². The molecule has 18 heavy (non-hydrogen) atoms. The summed E-state index contributed by atoms with van der Waals surface area (Å²) in [5.41, 5.74) is -0.525. The number of hydrogen-bond donors (Lipinski definition) is 0. The van der Waals surface area contributed by atoms with Gasteiger partial charge in [0.2, 0.25) is 11.6 Å². The monoisotopic (exact) mass is 252 g/mol. The molecule has 1 aromatic heterocycles. The Morgan fingerprint density at radius 2 is 2.11 bits per heavy atom. The van der Waals surface area contributed by atoms with Crippen molar-refractivity contribution in [1.82, 2.24) is 4.98 Å². The minimum atomic E-state index is -0.494. The van der Waals surface area contributed by atoms with E-state index < -0.39 is 10.5 Å². The quantitative estimate of drug-likeness (QED) is 0.608. The van der Waals surface area contributed by atoms with Crippen LogP contribution in [0.15, 0.2) is 12.3 Å². The highest BCUT2D eigenvalue weighted by Gasteiger charge is 2.28. The first kappa shape index (κ1) is 12.6. The second-order valence-corrected chi connectivity index (χ2v) is 5.28. The number of rotatable bonds is 4. The van der Waals surface area contributed by atoms with E-state index in [0.717, 1.165) is 12.8 Å². The lowest BCUT2D eigenvalue weighted by Gasteiger charge is -2.20. The average molecular weight is 252 g/mol. The van der Waals surface area contributed by atoms with Crippen LogP contribution in [0.2, 0.25) is 0 Å². The van der Waals surface area contributed by atoms with E-state index in [1.54, 1.807) is 0 Å². The average Bonchev–Trinajstić information content (AvgIpc) is 2.98. The van der Waals surface area contributed by atoms with Crippen LogP contribution in [0.25, 0.3) is 0 Å². The van der Waals surface area contributed by atoms with Crippen LogP contribution in [0.4, 0.5) is 5.69 Å². The highest BCUT2D eigenvalue weighted by molar-refractivity contribution is 5.47. The standard InChI is InChI=1S/C12H16N2O4/c1-12(2,3)18-11-6-10(17-8-4-5-8)9(7-13-11)14(15)16/h6-8H,4-5H2,1-3H3. The van der Waals surface area contributed by atoms with E-state index >= 15 is 0 Å². The molecule has 0 N–H and O–H groups in total. The minimum absolute atomic E-state index is 0.0913. The van der Waals surface area contributed by atoms with Gasteiger partial charge in [-0.3, -0.25) is 10.1 Å². The number of pyridine rings is 1. The third-order valence-electron chi connectivity index (χ3n) is 2.25. The predicted molar refractivity (Wildman–Crippen MR) is 64.9 cm³/mol. The fraction of sp³-hybridized carbons (Fsp3) is 0.583. The fourth-order valence-corrected chi connectivity index (χ4v) is 1.38. The van der Waals surface area contributed by atoms with Gasteiger partial charge in [-0.25, -0.2) is 4.98 Å².